The Kier molecular flexibility index (Phi) is 3.10. The summed E-state index contributed by atoms with van der Waals surface area (Å²) in [5, 5.41) is 8.35. The molecule has 2 rings (SSSR count). The van der Waals surface area contributed by atoms with Gasteiger partial charge >= 0.3 is 0 Å². The highest BCUT2D eigenvalue weighted by Crippen LogP contribution is 2.14. The van der Waals surface area contributed by atoms with Crippen molar-refractivity contribution in [3.05, 3.63) is 40.9 Å². The number of carbonyl (C=O) groups excluding carboxylic acids is 1. The van der Waals surface area contributed by atoms with Gasteiger partial charge in [-0.15, -0.1) is 0 Å². The molecule has 2 aromatic heterocycles. The highest BCUT2D eigenvalue weighted by molar-refractivity contribution is 6.34. The predicted octanol–water partition coefficient (Wildman–Crippen LogP) is 1.70. The number of nitrogens with zero attached hydrogens (tertiary/aromatic N) is 4. The fraction of sp³-hybridized carbons (Fsp3) is 0.182. The molecule has 0 bridgehead atoms. The van der Waals surface area contributed by atoms with Gasteiger partial charge in [-0.2, -0.15) is 10.2 Å². The van der Waals surface area contributed by atoms with Crippen LogP contribution in [0.3, 0.4) is 0 Å². The van der Waals surface area contributed by atoms with Gasteiger partial charge in [0.25, 0.3) is 0 Å². The summed E-state index contributed by atoms with van der Waals surface area (Å²) >= 11 is 5.88. The molecule has 2 aromatic rings. The maximum atomic E-state index is 11.8. The number of hydrogen-bond acceptors (Lipinski definition) is 3. The van der Waals surface area contributed by atoms with Crippen molar-refractivity contribution in [2.45, 2.75) is 0 Å². The van der Waals surface area contributed by atoms with E-state index in [1.165, 1.54) is 10.8 Å². The van der Waals surface area contributed by atoms with Crippen molar-refractivity contribution in [3.63, 3.8) is 0 Å². The molecule has 17 heavy (non-hydrogen) atoms. The summed E-state index contributed by atoms with van der Waals surface area (Å²) in [5.74, 6) is -0.225. The monoisotopic (exact) mass is 250 g/mol. The van der Waals surface area contributed by atoms with Crippen molar-refractivity contribution in [2.24, 2.45) is 14.1 Å². The lowest BCUT2D eigenvalue weighted by Crippen LogP contribution is -1.99. The van der Waals surface area contributed by atoms with Gasteiger partial charge in [0.1, 0.15) is 0 Å². The minimum Gasteiger partial charge on any atom is -0.287 e. The number of carbonyl (C=O) groups is 1. The number of aryl methyl sites for hydroxylation is 2. The fourth-order valence-corrected chi connectivity index (χ4v) is 1.69. The normalized spacial score (nSPS) is 11.2. The molecule has 2 heterocycles. The molecule has 0 aliphatic heterocycles. The highest BCUT2D eigenvalue weighted by atomic mass is 35.5. The third-order valence-corrected chi connectivity index (χ3v) is 2.56. The van der Waals surface area contributed by atoms with Gasteiger partial charge in [-0.25, -0.2) is 0 Å². The van der Waals surface area contributed by atoms with Crippen molar-refractivity contribution in [1.29, 1.82) is 0 Å². The van der Waals surface area contributed by atoms with Gasteiger partial charge in [0.05, 0.1) is 10.7 Å². The Morgan fingerprint density at radius 3 is 2.76 bits per heavy atom. The number of aromatic nitrogens is 4. The first kappa shape index (κ1) is 11.6. The molecule has 0 aliphatic rings. The Hall–Kier alpha value is -1.88. The maximum Gasteiger partial charge on any atom is 0.207 e. The van der Waals surface area contributed by atoms with Crippen LogP contribution in [-0.4, -0.2) is 25.3 Å². The minimum absolute atomic E-state index is 0.225. The van der Waals surface area contributed by atoms with Gasteiger partial charge in [0.15, 0.2) is 5.69 Å². The lowest BCUT2D eigenvalue weighted by molar-refractivity contribution is 0.104. The Labute approximate surface area is 103 Å². The van der Waals surface area contributed by atoms with Gasteiger partial charge in [0, 0.05) is 26.5 Å². The Balaban J connectivity index is 2.20. The average Bonchev–Trinajstić information content (AvgIpc) is 2.81. The van der Waals surface area contributed by atoms with E-state index < -0.39 is 0 Å². The molecule has 0 saturated carbocycles. The van der Waals surface area contributed by atoms with E-state index in [0.29, 0.717) is 5.02 Å². The summed E-state index contributed by atoms with van der Waals surface area (Å²) in [7, 11) is 3.52. The van der Waals surface area contributed by atoms with Gasteiger partial charge in [0.2, 0.25) is 5.78 Å². The van der Waals surface area contributed by atoms with E-state index in [-0.39, 0.29) is 11.5 Å². The van der Waals surface area contributed by atoms with E-state index in [1.54, 1.807) is 37.2 Å². The van der Waals surface area contributed by atoms with Crippen LogP contribution in [0.1, 0.15) is 16.2 Å². The molecule has 0 spiro atoms. The zero-order chi connectivity index (χ0) is 12.4. The third-order valence-electron chi connectivity index (χ3n) is 2.28. The molecule has 6 heteroatoms. The standard InChI is InChI=1S/C11H11ClN4O/c1-15-7-9(12)11(14-15)10(17)4-3-8-5-6-13-16(8)2/h3-7H,1-2H3/b4-3+. The van der Waals surface area contributed by atoms with Gasteiger partial charge in [-0.05, 0) is 18.2 Å². The Bertz CT molecular complexity index is 582. The summed E-state index contributed by atoms with van der Waals surface area (Å²) in [4.78, 5) is 11.8. The largest absolute Gasteiger partial charge is 0.287 e. The van der Waals surface area contributed by atoms with Gasteiger partial charge < -0.3 is 0 Å². The first-order valence-electron chi connectivity index (χ1n) is 4.97. The van der Waals surface area contributed by atoms with Gasteiger partial charge in [-0.3, -0.25) is 14.2 Å². The maximum absolute atomic E-state index is 11.8. The van der Waals surface area contributed by atoms with Crippen LogP contribution in [0.4, 0.5) is 0 Å². The van der Waals surface area contributed by atoms with Crippen LogP contribution in [0.25, 0.3) is 6.08 Å². The third kappa shape index (κ3) is 2.45. The summed E-state index contributed by atoms with van der Waals surface area (Å²) in [5.41, 5.74) is 1.10. The van der Waals surface area contributed by atoms with Crippen LogP contribution < -0.4 is 0 Å². The first-order valence-corrected chi connectivity index (χ1v) is 5.35. The lowest BCUT2D eigenvalue weighted by Gasteiger charge is -1.93. The van der Waals surface area contributed by atoms with E-state index in [2.05, 4.69) is 10.2 Å². The van der Waals surface area contributed by atoms with E-state index in [0.717, 1.165) is 5.69 Å². The van der Waals surface area contributed by atoms with Crippen LogP contribution in [0.2, 0.25) is 5.02 Å². The first-order chi connectivity index (χ1) is 8.08. The van der Waals surface area contributed by atoms with E-state index in [9.17, 15) is 4.79 Å². The van der Waals surface area contributed by atoms with E-state index in [1.807, 2.05) is 6.07 Å². The van der Waals surface area contributed by atoms with Crippen LogP contribution in [0.5, 0.6) is 0 Å². The molecule has 5 nitrogen and oxygen atoms in total. The molecule has 0 saturated heterocycles. The molecule has 0 aliphatic carbocycles. The summed E-state index contributed by atoms with van der Waals surface area (Å²) in [6.45, 7) is 0. The van der Waals surface area contributed by atoms with Crippen LogP contribution in [0.15, 0.2) is 24.5 Å². The Morgan fingerprint density at radius 2 is 2.24 bits per heavy atom. The average molecular weight is 251 g/mol. The second kappa shape index (κ2) is 4.55. The van der Waals surface area contributed by atoms with Crippen molar-refractivity contribution in [1.82, 2.24) is 19.6 Å². The predicted molar refractivity (Wildman–Crippen MR) is 64.8 cm³/mol. The van der Waals surface area contributed by atoms with Gasteiger partial charge in [-0.1, -0.05) is 11.6 Å². The Morgan fingerprint density at radius 1 is 1.47 bits per heavy atom. The highest BCUT2D eigenvalue weighted by Gasteiger charge is 2.11. The van der Waals surface area contributed by atoms with Crippen LogP contribution in [0, 0.1) is 0 Å². The van der Waals surface area contributed by atoms with Crippen molar-refractivity contribution >= 4 is 23.5 Å². The van der Waals surface area contributed by atoms with E-state index in [4.69, 9.17) is 11.6 Å². The molecule has 0 radical (unpaired) electrons. The second-order valence-corrected chi connectivity index (χ2v) is 3.98. The van der Waals surface area contributed by atoms with Crippen molar-refractivity contribution < 1.29 is 4.79 Å². The number of allylic oxidation sites excluding steroid dienone is 1. The molecule has 0 N–H and O–H groups in total. The zero-order valence-corrected chi connectivity index (χ0v) is 10.2. The molecular formula is C11H11ClN4O. The summed E-state index contributed by atoms with van der Waals surface area (Å²) in [6.07, 6.45) is 6.37. The molecular weight excluding hydrogens is 240 g/mol. The van der Waals surface area contributed by atoms with Crippen LogP contribution >= 0.6 is 11.6 Å². The molecule has 88 valence electrons. The quantitative estimate of drug-likeness (QED) is 0.616. The molecule has 0 aromatic carbocycles. The molecule has 0 amide bonds. The molecule has 0 unspecified atom stereocenters. The second-order valence-electron chi connectivity index (χ2n) is 3.58. The fourth-order valence-electron chi connectivity index (χ4n) is 1.41. The van der Waals surface area contributed by atoms with Crippen molar-refractivity contribution in [2.75, 3.05) is 0 Å². The lowest BCUT2D eigenvalue weighted by atomic mass is 10.2. The summed E-state index contributed by atoms with van der Waals surface area (Å²) < 4.78 is 3.18. The topological polar surface area (TPSA) is 52.7 Å². The number of rotatable bonds is 3. The summed E-state index contributed by atoms with van der Waals surface area (Å²) in [6, 6.07) is 1.81. The van der Waals surface area contributed by atoms with Crippen LogP contribution in [-0.2, 0) is 14.1 Å². The molecule has 0 fully saturated rings. The smallest absolute Gasteiger partial charge is 0.207 e. The number of ketones is 1. The number of hydrogen-bond donors (Lipinski definition) is 0. The van der Waals surface area contributed by atoms with Crippen molar-refractivity contribution in [3.8, 4) is 0 Å². The SMILES string of the molecule is Cn1cc(Cl)c(C(=O)/C=C/c2ccnn2C)n1. The minimum atomic E-state index is -0.225. The molecule has 0 atom stereocenters. The zero-order valence-electron chi connectivity index (χ0n) is 9.46. The van der Waals surface area contributed by atoms with E-state index >= 15 is 0 Å². The number of halogens is 1.